The highest BCUT2D eigenvalue weighted by Crippen LogP contribution is 2.61. The van der Waals surface area contributed by atoms with Crippen molar-refractivity contribution in [2.24, 2.45) is 5.41 Å². The number of esters is 1. The third-order valence-corrected chi connectivity index (χ3v) is 6.32. The molecule has 0 aromatic carbocycles. The number of hydrogen-bond acceptors (Lipinski definition) is 6. The first-order chi connectivity index (χ1) is 12.0. The monoisotopic (exact) mass is 374 g/mol. The average Bonchev–Trinajstić information content (AvgIpc) is 3.15. The zero-order valence-corrected chi connectivity index (χ0v) is 16.4. The summed E-state index contributed by atoms with van der Waals surface area (Å²) in [5.41, 5.74) is -2.01. The molecule has 2 aliphatic carbocycles. The number of rotatable bonds is 1. The molecule has 2 atom stereocenters. The molecule has 0 bridgehead atoms. The fourth-order valence-corrected chi connectivity index (χ4v) is 5.16. The minimum Gasteiger partial charge on any atom is -0.469 e. The molecule has 0 N–H and O–H groups in total. The van der Waals surface area contributed by atoms with Crippen LogP contribution in [-0.4, -0.2) is 28.7 Å². The van der Waals surface area contributed by atoms with Gasteiger partial charge in [0.15, 0.2) is 5.78 Å². The molecule has 0 saturated carbocycles. The van der Waals surface area contributed by atoms with Crippen LogP contribution >= 0.6 is 11.3 Å². The topological polar surface area (TPSA) is 69.7 Å². The summed E-state index contributed by atoms with van der Waals surface area (Å²) in [5.74, 6) is -1.35. The lowest BCUT2D eigenvalue weighted by atomic mass is 9.73. The summed E-state index contributed by atoms with van der Waals surface area (Å²) in [5, 5.41) is 1.82. The molecule has 1 aromatic rings. The van der Waals surface area contributed by atoms with Crippen LogP contribution in [0.4, 0.5) is 0 Å². The van der Waals surface area contributed by atoms with Gasteiger partial charge in [-0.25, -0.2) is 4.79 Å². The Morgan fingerprint density at radius 2 is 2.00 bits per heavy atom. The van der Waals surface area contributed by atoms with Crippen molar-refractivity contribution >= 4 is 28.9 Å². The minimum atomic E-state index is -1.79. The number of ketones is 2. The summed E-state index contributed by atoms with van der Waals surface area (Å²) in [6, 6.07) is 1.70. The molecule has 0 unspecified atom stereocenters. The van der Waals surface area contributed by atoms with E-state index < -0.39 is 34.3 Å². The number of thiophene rings is 1. The van der Waals surface area contributed by atoms with Crippen molar-refractivity contribution in [1.82, 2.24) is 0 Å². The van der Waals surface area contributed by atoms with Crippen LogP contribution in [0.3, 0.4) is 0 Å². The third-order valence-electron chi connectivity index (χ3n) is 5.34. The number of ether oxygens (including phenoxy) is 2. The molecule has 138 valence electrons. The first kappa shape index (κ1) is 17.5. The molecule has 5 nitrogen and oxygen atoms in total. The molecular weight excluding hydrogens is 352 g/mol. The Morgan fingerprint density at radius 3 is 2.65 bits per heavy atom. The number of Topliss-reactive ketones (excluding diaryl/α,β-unsaturated/α-hetero) is 2. The van der Waals surface area contributed by atoms with Gasteiger partial charge in [0, 0.05) is 27.8 Å². The van der Waals surface area contributed by atoms with Crippen LogP contribution in [0.2, 0.25) is 0 Å². The largest absolute Gasteiger partial charge is 0.469 e. The highest BCUT2D eigenvalue weighted by atomic mass is 32.1. The molecule has 1 aromatic heterocycles. The molecule has 0 spiro atoms. The number of carbonyl (C=O) groups is 3. The standard InChI is InChI=1S/C20H22O5S/c1-18(2,3)25-17(23)20-13(14-10(15(20)22)7-9-26-14)12-11(21)6-8-19(4,5)16(12)24-20/h7,9,13H,6,8H2,1-5H3/t13-,20-/m1/s1. The van der Waals surface area contributed by atoms with E-state index in [-0.39, 0.29) is 5.78 Å². The van der Waals surface area contributed by atoms with Gasteiger partial charge in [-0.1, -0.05) is 13.8 Å². The van der Waals surface area contributed by atoms with Crippen molar-refractivity contribution in [3.05, 3.63) is 33.2 Å². The second-order valence-corrected chi connectivity index (χ2v) is 9.80. The maximum absolute atomic E-state index is 13.3. The molecule has 4 rings (SSSR count). The lowest BCUT2D eigenvalue weighted by molar-refractivity contribution is -0.173. The Kier molecular flexibility index (Phi) is 3.40. The van der Waals surface area contributed by atoms with Crippen LogP contribution in [0.15, 0.2) is 22.8 Å². The molecule has 0 fully saturated rings. The van der Waals surface area contributed by atoms with Crippen molar-refractivity contribution in [2.75, 3.05) is 0 Å². The Labute approximate surface area is 156 Å². The highest BCUT2D eigenvalue weighted by molar-refractivity contribution is 7.10. The average molecular weight is 374 g/mol. The minimum absolute atomic E-state index is 0.0381. The van der Waals surface area contributed by atoms with Gasteiger partial charge in [-0.15, -0.1) is 11.3 Å². The molecular formula is C20H22O5S. The first-order valence-corrected chi connectivity index (χ1v) is 9.69. The van der Waals surface area contributed by atoms with E-state index in [4.69, 9.17) is 9.47 Å². The summed E-state index contributed by atoms with van der Waals surface area (Å²) in [6.45, 7) is 9.23. The van der Waals surface area contributed by atoms with Crippen LogP contribution in [0.1, 0.15) is 68.6 Å². The van der Waals surface area contributed by atoms with Gasteiger partial charge in [0.1, 0.15) is 11.4 Å². The number of carbonyl (C=O) groups excluding carboxylic acids is 3. The summed E-state index contributed by atoms with van der Waals surface area (Å²) in [4.78, 5) is 40.0. The molecule has 1 aliphatic heterocycles. The van der Waals surface area contributed by atoms with E-state index in [1.54, 1.807) is 26.8 Å². The Hall–Kier alpha value is -1.95. The second kappa shape index (κ2) is 5.06. The number of allylic oxidation sites excluding steroid dienone is 1. The van der Waals surface area contributed by atoms with Crippen LogP contribution in [0.5, 0.6) is 0 Å². The van der Waals surface area contributed by atoms with E-state index in [0.29, 0.717) is 29.7 Å². The van der Waals surface area contributed by atoms with Crippen LogP contribution in [-0.2, 0) is 19.1 Å². The van der Waals surface area contributed by atoms with Gasteiger partial charge in [0.25, 0.3) is 5.60 Å². The van der Waals surface area contributed by atoms with E-state index >= 15 is 0 Å². The van der Waals surface area contributed by atoms with Gasteiger partial charge in [0.05, 0.1) is 5.92 Å². The van der Waals surface area contributed by atoms with Gasteiger partial charge in [-0.2, -0.15) is 0 Å². The first-order valence-electron chi connectivity index (χ1n) is 8.81. The smallest absolute Gasteiger partial charge is 0.360 e. The zero-order valence-electron chi connectivity index (χ0n) is 15.6. The predicted octanol–water partition coefficient (Wildman–Crippen LogP) is 3.78. The van der Waals surface area contributed by atoms with E-state index in [2.05, 4.69) is 0 Å². The van der Waals surface area contributed by atoms with Crippen molar-refractivity contribution in [3.8, 4) is 0 Å². The summed E-state index contributed by atoms with van der Waals surface area (Å²) in [7, 11) is 0. The molecule has 6 heteroatoms. The van der Waals surface area contributed by atoms with Gasteiger partial charge < -0.3 is 9.47 Å². The van der Waals surface area contributed by atoms with Gasteiger partial charge in [-0.3, -0.25) is 9.59 Å². The highest BCUT2D eigenvalue weighted by Gasteiger charge is 2.70. The fourth-order valence-electron chi connectivity index (χ4n) is 4.11. The number of fused-ring (bicyclic) bond motifs is 4. The number of hydrogen-bond donors (Lipinski definition) is 0. The van der Waals surface area contributed by atoms with E-state index in [1.807, 2.05) is 19.2 Å². The molecule has 3 aliphatic rings. The Balaban J connectivity index is 1.93. The maximum atomic E-state index is 13.3. The SMILES string of the molecule is CC(C)(C)OC(=O)[C@@]12OC3=C(C(=O)CCC3(C)C)[C@@H]1c1sccc1C2=O. The van der Waals surface area contributed by atoms with E-state index in [0.717, 1.165) is 4.88 Å². The van der Waals surface area contributed by atoms with Crippen LogP contribution < -0.4 is 0 Å². The lowest BCUT2D eigenvalue weighted by Crippen LogP contribution is -2.50. The molecule has 0 radical (unpaired) electrons. The third kappa shape index (κ3) is 2.11. The summed E-state index contributed by atoms with van der Waals surface area (Å²) in [6.07, 6.45) is 1.03. The molecule has 0 saturated heterocycles. The molecule has 26 heavy (non-hydrogen) atoms. The zero-order chi connectivity index (χ0) is 19.1. The van der Waals surface area contributed by atoms with Crippen molar-refractivity contribution in [3.63, 3.8) is 0 Å². The van der Waals surface area contributed by atoms with Crippen molar-refractivity contribution < 1.29 is 23.9 Å². The van der Waals surface area contributed by atoms with Crippen LogP contribution in [0.25, 0.3) is 0 Å². The van der Waals surface area contributed by atoms with E-state index in [9.17, 15) is 14.4 Å². The Bertz CT molecular complexity index is 882. The van der Waals surface area contributed by atoms with Gasteiger partial charge >= 0.3 is 5.97 Å². The Morgan fingerprint density at radius 1 is 1.31 bits per heavy atom. The van der Waals surface area contributed by atoms with Crippen molar-refractivity contribution in [2.45, 2.75) is 64.6 Å². The normalized spacial score (nSPS) is 29.2. The van der Waals surface area contributed by atoms with Gasteiger partial charge in [0.2, 0.25) is 5.78 Å². The quantitative estimate of drug-likeness (QED) is 0.553. The fraction of sp³-hybridized carbons (Fsp3) is 0.550. The van der Waals surface area contributed by atoms with Gasteiger partial charge in [-0.05, 0) is 38.6 Å². The molecule has 2 heterocycles. The van der Waals surface area contributed by atoms with Crippen molar-refractivity contribution in [1.29, 1.82) is 0 Å². The maximum Gasteiger partial charge on any atom is 0.360 e. The lowest BCUT2D eigenvalue weighted by Gasteiger charge is -2.33. The predicted molar refractivity (Wildman–Crippen MR) is 96.1 cm³/mol. The summed E-state index contributed by atoms with van der Waals surface area (Å²) < 4.78 is 11.8. The summed E-state index contributed by atoms with van der Waals surface area (Å²) >= 11 is 1.39. The molecule has 0 amide bonds. The van der Waals surface area contributed by atoms with Crippen LogP contribution in [0, 0.1) is 5.41 Å². The second-order valence-electron chi connectivity index (χ2n) is 8.85. The van der Waals surface area contributed by atoms with E-state index in [1.165, 1.54) is 11.3 Å².